The number of nitrogens with one attached hydrogen (secondary N) is 1. The van der Waals surface area contributed by atoms with E-state index in [-0.39, 0.29) is 5.92 Å². The molecule has 2 unspecified atom stereocenters. The zero-order valence-electron chi connectivity index (χ0n) is 10.9. The zero-order valence-corrected chi connectivity index (χ0v) is 12.5. The molecule has 1 saturated heterocycles. The molecule has 3 nitrogen and oxygen atoms in total. The lowest BCUT2D eigenvalue weighted by Gasteiger charge is -2.20. The van der Waals surface area contributed by atoms with Gasteiger partial charge in [0.1, 0.15) is 0 Å². The quantitative estimate of drug-likeness (QED) is 0.906. The van der Waals surface area contributed by atoms with Gasteiger partial charge in [0.15, 0.2) is 0 Å². The molecule has 0 spiro atoms. The molecule has 1 aromatic carbocycles. The molecule has 4 heteroatoms. The Labute approximate surface area is 122 Å². The Morgan fingerprint density at radius 2 is 2.21 bits per heavy atom. The van der Waals surface area contributed by atoms with E-state index in [9.17, 15) is 4.79 Å². The molecule has 0 aromatic heterocycles. The first kappa shape index (κ1) is 13.1. The van der Waals surface area contributed by atoms with Gasteiger partial charge in [0, 0.05) is 30.0 Å². The van der Waals surface area contributed by atoms with Crippen molar-refractivity contribution in [2.75, 3.05) is 26.2 Å². The largest absolute Gasteiger partial charge is 0.341 e. The van der Waals surface area contributed by atoms with Gasteiger partial charge in [-0.25, -0.2) is 0 Å². The average molecular weight is 323 g/mol. The fraction of sp³-hybridized carbons (Fsp3) is 0.533. The number of benzene rings is 1. The van der Waals surface area contributed by atoms with Crippen molar-refractivity contribution in [1.82, 2.24) is 10.2 Å². The monoisotopic (exact) mass is 322 g/mol. The number of carbonyl (C=O) groups is 1. The molecule has 3 rings (SSSR count). The number of hydrogen-bond acceptors (Lipinski definition) is 2. The van der Waals surface area contributed by atoms with Crippen molar-refractivity contribution in [3.8, 4) is 0 Å². The Balaban J connectivity index is 1.64. The second kappa shape index (κ2) is 5.63. The maximum Gasteiger partial charge on any atom is 0.226 e. The van der Waals surface area contributed by atoms with Crippen LogP contribution < -0.4 is 5.32 Å². The molecule has 2 fully saturated rings. The third-order valence-electron chi connectivity index (χ3n) is 4.04. The summed E-state index contributed by atoms with van der Waals surface area (Å²) in [6.07, 6.45) is 2.08. The zero-order chi connectivity index (χ0) is 13.2. The molecule has 1 aromatic rings. The van der Waals surface area contributed by atoms with Crippen LogP contribution in [-0.2, 0) is 4.79 Å². The topological polar surface area (TPSA) is 32.3 Å². The van der Waals surface area contributed by atoms with Crippen molar-refractivity contribution in [3.63, 3.8) is 0 Å². The Morgan fingerprint density at radius 1 is 1.32 bits per heavy atom. The first-order chi connectivity index (χ1) is 9.25. The third kappa shape index (κ3) is 3.00. The molecule has 1 aliphatic heterocycles. The van der Waals surface area contributed by atoms with E-state index in [1.54, 1.807) is 0 Å². The Kier molecular flexibility index (Phi) is 3.89. The molecule has 1 amide bonds. The van der Waals surface area contributed by atoms with Gasteiger partial charge in [0.05, 0.1) is 0 Å². The van der Waals surface area contributed by atoms with Gasteiger partial charge in [0.2, 0.25) is 5.91 Å². The Hall–Kier alpha value is -0.870. The van der Waals surface area contributed by atoms with Crippen molar-refractivity contribution >= 4 is 21.8 Å². The third-order valence-corrected chi connectivity index (χ3v) is 4.53. The lowest BCUT2D eigenvalue weighted by Crippen LogP contribution is -2.35. The van der Waals surface area contributed by atoms with Gasteiger partial charge in [-0.05, 0) is 43.0 Å². The van der Waals surface area contributed by atoms with E-state index < -0.39 is 0 Å². The maximum atomic E-state index is 12.5. The van der Waals surface area contributed by atoms with Crippen LogP contribution in [0.2, 0.25) is 0 Å². The lowest BCUT2D eigenvalue weighted by atomic mass is 10.1. The summed E-state index contributed by atoms with van der Waals surface area (Å²) in [4.78, 5) is 14.5. The van der Waals surface area contributed by atoms with E-state index >= 15 is 0 Å². The van der Waals surface area contributed by atoms with Crippen LogP contribution in [0.4, 0.5) is 0 Å². The minimum atomic E-state index is 0.215. The van der Waals surface area contributed by atoms with E-state index in [1.165, 1.54) is 5.56 Å². The summed E-state index contributed by atoms with van der Waals surface area (Å²) in [5.74, 6) is 1.00. The predicted molar refractivity (Wildman–Crippen MR) is 79.1 cm³/mol. The first-order valence-corrected chi connectivity index (χ1v) is 7.80. The molecule has 1 heterocycles. The molecule has 2 aliphatic rings. The Bertz CT molecular complexity index is 469. The molecule has 19 heavy (non-hydrogen) atoms. The molecular weight excluding hydrogens is 304 g/mol. The van der Waals surface area contributed by atoms with Crippen molar-refractivity contribution in [2.24, 2.45) is 5.92 Å². The molecule has 1 N–H and O–H groups in total. The van der Waals surface area contributed by atoms with Crippen LogP contribution in [0.25, 0.3) is 0 Å². The minimum absolute atomic E-state index is 0.215. The van der Waals surface area contributed by atoms with Crippen LogP contribution in [0.3, 0.4) is 0 Å². The standard InChI is InChI=1S/C15H19BrN2O/c16-12-4-1-3-11(9-12)13-10-14(13)15(19)18-7-2-5-17-6-8-18/h1,3-4,9,13-14,17H,2,5-8,10H2. The van der Waals surface area contributed by atoms with Crippen molar-refractivity contribution in [2.45, 2.75) is 18.8 Å². The van der Waals surface area contributed by atoms with E-state index in [4.69, 9.17) is 0 Å². The van der Waals surface area contributed by atoms with Gasteiger partial charge in [-0.15, -0.1) is 0 Å². The van der Waals surface area contributed by atoms with Crippen LogP contribution >= 0.6 is 15.9 Å². The molecule has 102 valence electrons. The number of nitrogens with zero attached hydrogens (tertiary/aromatic N) is 1. The number of hydrogen-bond donors (Lipinski definition) is 1. The van der Waals surface area contributed by atoms with Gasteiger partial charge < -0.3 is 10.2 Å². The van der Waals surface area contributed by atoms with Gasteiger partial charge >= 0.3 is 0 Å². The van der Waals surface area contributed by atoms with E-state index in [0.29, 0.717) is 11.8 Å². The highest BCUT2D eigenvalue weighted by Crippen LogP contribution is 2.48. The summed E-state index contributed by atoms with van der Waals surface area (Å²) in [6.45, 7) is 3.73. The van der Waals surface area contributed by atoms with Gasteiger partial charge in [-0.1, -0.05) is 28.1 Å². The molecule has 0 radical (unpaired) electrons. The fourth-order valence-corrected chi connectivity index (χ4v) is 3.29. The first-order valence-electron chi connectivity index (χ1n) is 7.00. The van der Waals surface area contributed by atoms with E-state index in [1.807, 2.05) is 11.0 Å². The highest BCUT2D eigenvalue weighted by atomic mass is 79.9. The average Bonchev–Trinajstić information content (AvgIpc) is 3.22. The fourth-order valence-electron chi connectivity index (χ4n) is 2.87. The highest BCUT2D eigenvalue weighted by molar-refractivity contribution is 9.10. The second-order valence-corrected chi connectivity index (χ2v) is 6.35. The molecule has 1 saturated carbocycles. The van der Waals surface area contributed by atoms with Crippen molar-refractivity contribution < 1.29 is 4.79 Å². The molecule has 0 bridgehead atoms. The normalized spacial score (nSPS) is 26.9. The summed E-state index contributed by atoms with van der Waals surface area (Å²) < 4.78 is 1.10. The number of amides is 1. The number of halogens is 1. The SMILES string of the molecule is O=C(C1CC1c1cccc(Br)c1)N1CCCNCC1. The van der Waals surface area contributed by atoms with Gasteiger partial charge in [0.25, 0.3) is 0 Å². The smallest absolute Gasteiger partial charge is 0.226 e. The van der Waals surface area contributed by atoms with Crippen molar-refractivity contribution in [3.05, 3.63) is 34.3 Å². The van der Waals surface area contributed by atoms with Crippen LogP contribution in [0.1, 0.15) is 24.3 Å². The highest BCUT2D eigenvalue weighted by Gasteiger charge is 2.45. The van der Waals surface area contributed by atoms with Gasteiger partial charge in [-0.3, -0.25) is 4.79 Å². The summed E-state index contributed by atoms with van der Waals surface area (Å²) in [7, 11) is 0. The number of rotatable bonds is 2. The Morgan fingerprint density at radius 3 is 3.05 bits per heavy atom. The van der Waals surface area contributed by atoms with Crippen LogP contribution in [0, 0.1) is 5.92 Å². The number of carbonyl (C=O) groups excluding carboxylic acids is 1. The van der Waals surface area contributed by atoms with Crippen molar-refractivity contribution in [1.29, 1.82) is 0 Å². The molecule has 1 aliphatic carbocycles. The van der Waals surface area contributed by atoms with Crippen LogP contribution in [0.5, 0.6) is 0 Å². The van der Waals surface area contributed by atoms with Gasteiger partial charge in [-0.2, -0.15) is 0 Å². The lowest BCUT2D eigenvalue weighted by molar-refractivity contribution is -0.132. The minimum Gasteiger partial charge on any atom is -0.341 e. The second-order valence-electron chi connectivity index (χ2n) is 5.43. The summed E-state index contributed by atoms with van der Waals surface area (Å²) in [6, 6.07) is 8.35. The molecular formula is C15H19BrN2O. The predicted octanol–water partition coefficient (Wildman–Crippen LogP) is 2.37. The molecule has 2 atom stereocenters. The van der Waals surface area contributed by atoms with E-state index in [0.717, 1.165) is 43.5 Å². The van der Waals surface area contributed by atoms with Crippen LogP contribution in [0.15, 0.2) is 28.7 Å². The summed E-state index contributed by atoms with van der Waals surface area (Å²) in [5, 5.41) is 3.34. The maximum absolute atomic E-state index is 12.5. The van der Waals surface area contributed by atoms with E-state index in [2.05, 4.69) is 39.4 Å². The van der Waals surface area contributed by atoms with Crippen LogP contribution in [-0.4, -0.2) is 37.0 Å². The summed E-state index contributed by atoms with van der Waals surface area (Å²) >= 11 is 3.50. The summed E-state index contributed by atoms with van der Waals surface area (Å²) in [5.41, 5.74) is 1.29.